The number of carboxylic acids is 1. The molecule has 28 heavy (non-hydrogen) atoms. The fourth-order valence-electron chi connectivity index (χ4n) is 2.00. The van der Waals surface area contributed by atoms with Crippen molar-refractivity contribution in [2.24, 2.45) is 0 Å². The highest BCUT2D eigenvalue weighted by molar-refractivity contribution is 6.35. The normalized spacial score (nSPS) is 9.75. The molecule has 0 aliphatic carbocycles. The van der Waals surface area contributed by atoms with E-state index in [0.29, 0.717) is 34.6 Å². The quantitative estimate of drug-likeness (QED) is 0.383. The molecule has 0 aliphatic heterocycles. The minimum absolute atomic E-state index is 0.00486. The number of carboxylic acid groups (broad SMARTS) is 1. The van der Waals surface area contributed by atoms with Gasteiger partial charge in [-0.3, -0.25) is 4.79 Å². The molecule has 0 bridgehead atoms. The molecule has 0 unspecified atom stereocenters. The number of hydrogen-bond acceptors (Lipinski definition) is 6. The van der Waals surface area contributed by atoms with E-state index in [0.717, 1.165) is 0 Å². The SMILES string of the molecule is CC(=O)Oc1ccc(NCCOc2ccc(Cl)cc2Cl)cc1C(=O)O.COC. The Kier molecular flexibility index (Phi) is 10.2. The molecule has 0 spiro atoms. The van der Waals surface area contributed by atoms with E-state index in [2.05, 4.69) is 10.1 Å². The third-order valence-electron chi connectivity index (χ3n) is 3.05. The molecule has 0 fully saturated rings. The number of ether oxygens (including phenoxy) is 3. The van der Waals surface area contributed by atoms with Crippen LogP contribution in [0.4, 0.5) is 5.69 Å². The van der Waals surface area contributed by atoms with E-state index in [1.165, 1.54) is 19.1 Å². The Labute approximate surface area is 173 Å². The number of anilines is 1. The maximum atomic E-state index is 11.3. The van der Waals surface area contributed by atoms with Crippen molar-refractivity contribution in [2.45, 2.75) is 6.92 Å². The van der Waals surface area contributed by atoms with Gasteiger partial charge in [-0.25, -0.2) is 4.79 Å². The van der Waals surface area contributed by atoms with Gasteiger partial charge in [-0.15, -0.1) is 0 Å². The standard InChI is InChI=1S/C17H15Cl2NO5.C2H6O/c1-10(21)25-15-5-3-12(9-13(15)17(22)23)20-6-7-24-16-4-2-11(18)8-14(16)19;1-3-2/h2-5,8-9,20H,6-7H2,1H3,(H,22,23);1-2H3. The second kappa shape index (κ2) is 12.1. The summed E-state index contributed by atoms with van der Waals surface area (Å²) in [5.41, 5.74) is 0.445. The van der Waals surface area contributed by atoms with Crippen LogP contribution < -0.4 is 14.8 Å². The van der Waals surface area contributed by atoms with Gasteiger partial charge in [0, 0.05) is 38.4 Å². The van der Waals surface area contributed by atoms with Crippen molar-refractivity contribution >= 4 is 40.8 Å². The zero-order chi connectivity index (χ0) is 21.1. The molecule has 0 heterocycles. The molecule has 2 aromatic carbocycles. The van der Waals surface area contributed by atoms with E-state index in [9.17, 15) is 14.7 Å². The predicted octanol–water partition coefficient (Wildman–Crippen LogP) is 4.37. The molecule has 0 saturated heterocycles. The number of carbonyl (C=O) groups is 2. The molecular weight excluding hydrogens is 409 g/mol. The Morgan fingerprint density at radius 2 is 1.71 bits per heavy atom. The summed E-state index contributed by atoms with van der Waals surface area (Å²) in [4.78, 5) is 22.3. The average Bonchev–Trinajstić information content (AvgIpc) is 2.61. The van der Waals surface area contributed by atoms with Crippen LogP contribution in [0.15, 0.2) is 36.4 Å². The number of nitrogens with one attached hydrogen (secondary N) is 1. The van der Waals surface area contributed by atoms with Crippen molar-refractivity contribution < 1.29 is 28.9 Å². The van der Waals surface area contributed by atoms with Gasteiger partial charge in [0.15, 0.2) is 0 Å². The number of methoxy groups -OCH3 is 1. The summed E-state index contributed by atoms with van der Waals surface area (Å²) < 4.78 is 14.6. The number of hydrogen-bond donors (Lipinski definition) is 2. The lowest BCUT2D eigenvalue weighted by Crippen LogP contribution is -2.13. The van der Waals surface area contributed by atoms with E-state index in [4.69, 9.17) is 32.7 Å². The van der Waals surface area contributed by atoms with Crippen molar-refractivity contribution in [2.75, 3.05) is 32.7 Å². The first kappa shape index (κ1) is 23.6. The third kappa shape index (κ3) is 8.04. The first-order valence-corrected chi connectivity index (χ1v) is 8.81. The van der Waals surface area contributed by atoms with Gasteiger partial charge in [0.25, 0.3) is 0 Å². The Morgan fingerprint density at radius 1 is 1.07 bits per heavy atom. The molecule has 0 atom stereocenters. The van der Waals surface area contributed by atoms with Crippen molar-refractivity contribution in [1.29, 1.82) is 0 Å². The van der Waals surface area contributed by atoms with Crippen LogP contribution in [0, 0.1) is 0 Å². The maximum Gasteiger partial charge on any atom is 0.339 e. The minimum atomic E-state index is -1.19. The van der Waals surface area contributed by atoms with Gasteiger partial charge >= 0.3 is 11.9 Å². The molecule has 2 aromatic rings. The van der Waals surface area contributed by atoms with Crippen LogP contribution in [-0.2, 0) is 9.53 Å². The molecule has 0 radical (unpaired) electrons. The Balaban J connectivity index is 0.00000122. The first-order valence-electron chi connectivity index (χ1n) is 8.06. The van der Waals surface area contributed by atoms with Crippen LogP contribution >= 0.6 is 23.2 Å². The van der Waals surface area contributed by atoms with Crippen molar-refractivity contribution in [3.8, 4) is 11.5 Å². The topological polar surface area (TPSA) is 94.1 Å². The zero-order valence-corrected chi connectivity index (χ0v) is 17.1. The molecule has 0 aromatic heterocycles. The summed E-state index contributed by atoms with van der Waals surface area (Å²) in [5.74, 6) is -1.28. The number of rotatable bonds is 7. The lowest BCUT2D eigenvalue weighted by molar-refractivity contribution is -0.131. The van der Waals surface area contributed by atoms with Gasteiger partial charge in [0.2, 0.25) is 0 Å². The fraction of sp³-hybridized carbons (Fsp3) is 0.263. The number of esters is 1. The summed E-state index contributed by atoms with van der Waals surface area (Å²) in [6, 6.07) is 9.34. The number of halogens is 2. The second-order valence-corrected chi connectivity index (χ2v) is 6.21. The smallest absolute Gasteiger partial charge is 0.339 e. The Hall–Kier alpha value is -2.48. The molecule has 9 heteroatoms. The summed E-state index contributed by atoms with van der Waals surface area (Å²) in [7, 11) is 3.25. The summed E-state index contributed by atoms with van der Waals surface area (Å²) in [5, 5.41) is 13.2. The lowest BCUT2D eigenvalue weighted by atomic mass is 10.1. The van der Waals surface area contributed by atoms with Gasteiger partial charge in [-0.2, -0.15) is 0 Å². The second-order valence-electron chi connectivity index (χ2n) is 5.37. The number of aromatic carboxylic acids is 1. The first-order chi connectivity index (χ1) is 13.3. The number of carbonyl (C=O) groups excluding carboxylic acids is 1. The van der Waals surface area contributed by atoms with E-state index >= 15 is 0 Å². The minimum Gasteiger partial charge on any atom is -0.490 e. The molecule has 152 valence electrons. The molecule has 2 N–H and O–H groups in total. The largest absolute Gasteiger partial charge is 0.490 e. The average molecular weight is 430 g/mol. The summed E-state index contributed by atoms with van der Waals surface area (Å²) in [6.07, 6.45) is 0. The summed E-state index contributed by atoms with van der Waals surface area (Å²) in [6.45, 7) is 1.91. The summed E-state index contributed by atoms with van der Waals surface area (Å²) >= 11 is 11.8. The highest BCUT2D eigenvalue weighted by Crippen LogP contribution is 2.27. The Morgan fingerprint density at radius 3 is 2.29 bits per heavy atom. The molecule has 7 nitrogen and oxygen atoms in total. The van der Waals surface area contributed by atoms with E-state index in [1.807, 2.05) is 0 Å². The maximum absolute atomic E-state index is 11.3. The highest BCUT2D eigenvalue weighted by Gasteiger charge is 2.14. The Bertz CT molecular complexity index is 813. The zero-order valence-electron chi connectivity index (χ0n) is 15.6. The fourth-order valence-corrected chi connectivity index (χ4v) is 2.46. The van der Waals surface area contributed by atoms with Crippen molar-refractivity contribution in [3.63, 3.8) is 0 Å². The van der Waals surface area contributed by atoms with Crippen LogP contribution in [0.2, 0.25) is 10.0 Å². The van der Waals surface area contributed by atoms with Crippen molar-refractivity contribution in [3.05, 3.63) is 52.0 Å². The highest BCUT2D eigenvalue weighted by atomic mass is 35.5. The third-order valence-corrected chi connectivity index (χ3v) is 3.58. The van der Waals surface area contributed by atoms with Crippen molar-refractivity contribution in [1.82, 2.24) is 0 Å². The van der Waals surface area contributed by atoms with Gasteiger partial charge in [0.05, 0.1) is 5.02 Å². The molecule has 0 amide bonds. The van der Waals surface area contributed by atoms with Gasteiger partial charge in [-0.05, 0) is 36.4 Å². The van der Waals surface area contributed by atoms with Crippen LogP contribution in [0.3, 0.4) is 0 Å². The molecule has 0 saturated carbocycles. The van der Waals surface area contributed by atoms with Gasteiger partial charge < -0.3 is 24.6 Å². The molecular formula is C19H21Cl2NO6. The van der Waals surface area contributed by atoms with Crippen LogP contribution in [0.5, 0.6) is 11.5 Å². The van der Waals surface area contributed by atoms with E-state index in [-0.39, 0.29) is 11.3 Å². The monoisotopic (exact) mass is 429 g/mol. The predicted molar refractivity (Wildman–Crippen MR) is 108 cm³/mol. The lowest BCUT2D eigenvalue weighted by Gasteiger charge is -2.12. The van der Waals surface area contributed by atoms with Crippen LogP contribution in [0.25, 0.3) is 0 Å². The van der Waals surface area contributed by atoms with E-state index < -0.39 is 11.9 Å². The van der Waals surface area contributed by atoms with Gasteiger partial charge in [0.1, 0.15) is 23.7 Å². The number of benzene rings is 2. The van der Waals surface area contributed by atoms with E-state index in [1.54, 1.807) is 38.5 Å². The molecule has 2 rings (SSSR count). The molecule has 0 aliphatic rings. The van der Waals surface area contributed by atoms with Crippen LogP contribution in [0.1, 0.15) is 17.3 Å². The van der Waals surface area contributed by atoms with Gasteiger partial charge in [-0.1, -0.05) is 23.2 Å². The van der Waals surface area contributed by atoms with Crippen LogP contribution in [-0.4, -0.2) is 44.4 Å².